The highest BCUT2D eigenvalue weighted by Gasteiger charge is 2.26. The lowest BCUT2D eigenvalue weighted by Gasteiger charge is -2.31. The van der Waals surface area contributed by atoms with Gasteiger partial charge in [-0.2, -0.15) is 0 Å². The van der Waals surface area contributed by atoms with Gasteiger partial charge in [0.1, 0.15) is 0 Å². The topological polar surface area (TPSA) is 37.3 Å². The Kier molecular flexibility index (Phi) is 1.63. The molecule has 2 aliphatic rings. The number of hydrogen-bond acceptors (Lipinski definition) is 3. The van der Waals surface area contributed by atoms with Crippen molar-refractivity contribution in [2.24, 2.45) is 10.9 Å². The normalized spacial score (nSPS) is 27.7. The van der Waals surface area contributed by atoms with E-state index in [1.54, 1.807) is 0 Å². The molecule has 0 aromatic carbocycles. The number of anilines is 1. The van der Waals surface area contributed by atoms with Crippen LogP contribution in [0.2, 0.25) is 0 Å². The van der Waals surface area contributed by atoms with Gasteiger partial charge in [0.25, 0.3) is 0 Å². The van der Waals surface area contributed by atoms with Crippen LogP contribution in [0.5, 0.6) is 0 Å². The first kappa shape index (κ1) is 7.74. The molecule has 2 atom stereocenters. The Morgan fingerprint density at radius 1 is 1.43 bits per heavy atom. The van der Waals surface area contributed by atoms with E-state index in [1.807, 2.05) is 24.7 Å². The van der Waals surface area contributed by atoms with Crippen LogP contribution in [0.4, 0.5) is 5.69 Å². The standard InChI is InChI=1S/C11H11N3/c1-2-10-11(13-4-1)6-8-7-12-5-3-9(8)14-10/h1-5,7-9,14H,6H2. The van der Waals surface area contributed by atoms with Gasteiger partial charge in [-0.25, -0.2) is 0 Å². The van der Waals surface area contributed by atoms with E-state index in [4.69, 9.17) is 0 Å². The first-order valence-electron chi connectivity index (χ1n) is 4.84. The van der Waals surface area contributed by atoms with Crippen LogP contribution in [0.25, 0.3) is 0 Å². The molecule has 3 rings (SSSR count). The van der Waals surface area contributed by atoms with Crippen molar-refractivity contribution >= 4 is 11.9 Å². The largest absolute Gasteiger partial charge is 0.377 e. The summed E-state index contributed by atoms with van der Waals surface area (Å²) in [6, 6.07) is 4.44. The zero-order valence-corrected chi connectivity index (χ0v) is 7.72. The first-order chi connectivity index (χ1) is 6.93. The number of rotatable bonds is 0. The van der Waals surface area contributed by atoms with Crippen molar-refractivity contribution < 1.29 is 0 Å². The molecule has 70 valence electrons. The summed E-state index contributed by atoms with van der Waals surface area (Å²) in [6.07, 6.45) is 8.81. The summed E-state index contributed by atoms with van der Waals surface area (Å²) in [4.78, 5) is 8.52. The quantitative estimate of drug-likeness (QED) is 0.667. The molecule has 0 amide bonds. The Morgan fingerprint density at radius 3 is 3.43 bits per heavy atom. The molecule has 0 fully saturated rings. The van der Waals surface area contributed by atoms with Gasteiger partial charge in [0.15, 0.2) is 0 Å². The molecule has 0 spiro atoms. The number of nitrogens with one attached hydrogen (secondary N) is 1. The van der Waals surface area contributed by atoms with Gasteiger partial charge in [-0.05, 0) is 18.2 Å². The average Bonchev–Trinajstić information content (AvgIpc) is 2.26. The summed E-state index contributed by atoms with van der Waals surface area (Å²) >= 11 is 0. The summed E-state index contributed by atoms with van der Waals surface area (Å²) in [5.41, 5.74) is 2.31. The maximum absolute atomic E-state index is 4.36. The maximum atomic E-state index is 4.36. The van der Waals surface area contributed by atoms with E-state index in [-0.39, 0.29) is 0 Å². The third kappa shape index (κ3) is 1.13. The molecule has 3 nitrogen and oxygen atoms in total. The smallest absolute Gasteiger partial charge is 0.0642 e. The summed E-state index contributed by atoms with van der Waals surface area (Å²) in [5.74, 6) is 0.461. The second kappa shape index (κ2) is 2.94. The SMILES string of the molecule is C1=CC2Nc3cccnc3CC2C=N1. The molecular weight excluding hydrogens is 174 g/mol. The molecule has 0 saturated carbocycles. The van der Waals surface area contributed by atoms with Crippen LogP contribution in [0.3, 0.4) is 0 Å². The van der Waals surface area contributed by atoms with Crippen molar-refractivity contribution in [1.82, 2.24) is 4.98 Å². The maximum Gasteiger partial charge on any atom is 0.0642 e. The number of aromatic nitrogens is 1. The van der Waals surface area contributed by atoms with Crippen LogP contribution in [-0.2, 0) is 6.42 Å². The van der Waals surface area contributed by atoms with Crippen molar-refractivity contribution in [1.29, 1.82) is 0 Å². The highest BCUT2D eigenvalue weighted by Crippen LogP contribution is 2.27. The van der Waals surface area contributed by atoms with Crippen LogP contribution < -0.4 is 5.32 Å². The van der Waals surface area contributed by atoms with Gasteiger partial charge in [-0.1, -0.05) is 0 Å². The van der Waals surface area contributed by atoms with E-state index in [9.17, 15) is 0 Å². The lowest BCUT2D eigenvalue weighted by Crippen LogP contribution is -2.35. The molecule has 0 bridgehead atoms. The fraction of sp³-hybridized carbons (Fsp3) is 0.273. The van der Waals surface area contributed by atoms with Crippen molar-refractivity contribution in [3.8, 4) is 0 Å². The van der Waals surface area contributed by atoms with E-state index in [1.165, 1.54) is 0 Å². The summed E-state index contributed by atoms with van der Waals surface area (Å²) in [5, 5.41) is 3.46. The lowest BCUT2D eigenvalue weighted by atomic mass is 9.89. The summed E-state index contributed by atoms with van der Waals surface area (Å²) in [6.45, 7) is 0. The molecule has 1 N–H and O–H groups in total. The number of fused-ring (bicyclic) bond motifs is 2. The van der Waals surface area contributed by atoms with Gasteiger partial charge >= 0.3 is 0 Å². The first-order valence-corrected chi connectivity index (χ1v) is 4.84. The Labute approximate surface area is 82.6 Å². The van der Waals surface area contributed by atoms with Crippen molar-refractivity contribution in [2.45, 2.75) is 12.5 Å². The highest BCUT2D eigenvalue weighted by molar-refractivity contribution is 5.69. The summed E-state index contributed by atoms with van der Waals surface area (Å²) in [7, 11) is 0. The second-order valence-corrected chi connectivity index (χ2v) is 3.68. The van der Waals surface area contributed by atoms with Crippen LogP contribution in [-0.4, -0.2) is 17.2 Å². The molecule has 3 heterocycles. The van der Waals surface area contributed by atoms with Gasteiger partial charge in [-0.15, -0.1) is 0 Å². The van der Waals surface area contributed by atoms with Gasteiger partial charge in [0.05, 0.1) is 17.4 Å². The predicted octanol–water partition coefficient (Wildman–Crippen LogP) is 1.63. The van der Waals surface area contributed by atoms with Gasteiger partial charge in [-0.3, -0.25) is 9.98 Å². The fourth-order valence-corrected chi connectivity index (χ4v) is 2.01. The predicted molar refractivity (Wildman–Crippen MR) is 56.5 cm³/mol. The molecule has 3 heteroatoms. The minimum atomic E-state index is 0.393. The van der Waals surface area contributed by atoms with Gasteiger partial charge in [0.2, 0.25) is 0 Å². The molecule has 1 aromatic rings. The minimum Gasteiger partial charge on any atom is -0.377 e. The molecule has 0 radical (unpaired) electrons. The number of pyridine rings is 1. The lowest BCUT2D eigenvalue weighted by molar-refractivity contribution is 0.607. The van der Waals surface area contributed by atoms with Crippen LogP contribution in [0.1, 0.15) is 5.69 Å². The molecule has 2 aliphatic heterocycles. The second-order valence-electron chi connectivity index (χ2n) is 3.68. The van der Waals surface area contributed by atoms with Gasteiger partial charge in [0, 0.05) is 31.0 Å². The van der Waals surface area contributed by atoms with Crippen LogP contribution >= 0.6 is 0 Å². The number of nitrogens with zero attached hydrogens (tertiary/aromatic N) is 2. The Bertz CT molecular complexity index is 370. The monoisotopic (exact) mass is 185 g/mol. The van der Waals surface area contributed by atoms with Gasteiger partial charge < -0.3 is 5.32 Å². The van der Waals surface area contributed by atoms with E-state index < -0.39 is 0 Å². The van der Waals surface area contributed by atoms with Crippen molar-refractivity contribution in [3.63, 3.8) is 0 Å². The van der Waals surface area contributed by atoms with E-state index in [0.717, 1.165) is 17.8 Å². The van der Waals surface area contributed by atoms with Crippen LogP contribution in [0, 0.1) is 5.92 Å². The Hall–Kier alpha value is -1.64. The van der Waals surface area contributed by atoms with E-state index >= 15 is 0 Å². The summed E-state index contributed by atoms with van der Waals surface area (Å²) < 4.78 is 0. The van der Waals surface area contributed by atoms with Crippen molar-refractivity contribution in [3.05, 3.63) is 36.3 Å². The zero-order chi connectivity index (χ0) is 9.38. The van der Waals surface area contributed by atoms with E-state index in [0.29, 0.717) is 12.0 Å². The fourth-order valence-electron chi connectivity index (χ4n) is 2.01. The minimum absolute atomic E-state index is 0.393. The highest BCUT2D eigenvalue weighted by atomic mass is 15.0. The number of aliphatic imine (C=N–C) groups is 1. The molecule has 1 aromatic heterocycles. The Morgan fingerprint density at radius 2 is 2.43 bits per heavy atom. The van der Waals surface area contributed by atoms with Crippen molar-refractivity contribution in [2.75, 3.05) is 5.32 Å². The Balaban J connectivity index is 2.00. The third-order valence-corrected chi connectivity index (χ3v) is 2.76. The molecule has 2 unspecified atom stereocenters. The third-order valence-electron chi connectivity index (χ3n) is 2.76. The zero-order valence-electron chi connectivity index (χ0n) is 7.72. The average molecular weight is 185 g/mol. The molecule has 0 saturated heterocycles. The van der Waals surface area contributed by atoms with E-state index in [2.05, 4.69) is 27.4 Å². The molecule has 0 aliphatic carbocycles. The molecular formula is C11H11N3. The number of hydrogen-bond donors (Lipinski definition) is 1. The molecule has 14 heavy (non-hydrogen) atoms. The van der Waals surface area contributed by atoms with Crippen LogP contribution in [0.15, 0.2) is 35.6 Å².